The van der Waals surface area contributed by atoms with Gasteiger partial charge in [-0.25, -0.2) is 0 Å². The lowest BCUT2D eigenvalue weighted by molar-refractivity contribution is 0.403. The second kappa shape index (κ2) is 5.52. The van der Waals surface area contributed by atoms with E-state index in [9.17, 15) is 0 Å². The van der Waals surface area contributed by atoms with Gasteiger partial charge in [0.25, 0.3) is 0 Å². The van der Waals surface area contributed by atoms with Crippen LogP contribution in [0.4, 0.5) is 5.95 Å². The number of H-pyrrole nitrogens is 1. The largest absolute Gasteiger partial charge is 0.336 e. The number of thiophene rings is 1. The Kier molecular flexibility index (Phi) is 3.90. The molecule has 0 saturated carbocycles. The van der Waals surface area contributed by atoms with Crippen LogP contribution in [-0.4, -0.2) is 40.4 Å². The van der Waals surface area contributed by atoms with Crippen molar-refractivity contribution in [2.45, 2.75) is 25.9 Å². The highest BCUT2D eigenvalue weighted by atomic mass is 35.5. The lowest BCUT2D eigenvalue weighted by Crippen LogP contribution is -2.54. The van der Waals surface area contributed by atoms with Crippen molar-refractivity contribution in [1.29, 1.82) is 0 Å². The maximum atomic E-state index is 6.14. The molecule has 3 heterocycles. The van der Waals surface area contributed by atoms with Crippen LogP contribution in [0.5, 0.6) is 0 Å². The average Bonchev–Trinajstić information content (AvgIpc) is 2.94. The first kappa shape index (κ1) is 14.1. The summed E-state index contributed by atoms with van der Waals surface area (Å²) >= 11 is 13.4. The molecule has 0 aliphatic carbocycles. The van der Waals surface area contributed by atoms with E-state index in [4.69, 9.17) is 23.2 Å². The second-order valence-corrected chi connectivity index (χ2v) is 7.38. The Labute approximate surface area is 131 Å². The SMILES string of the molecule is CC1CN(c2n[nH]c(-c3cc(Cl)sc3Cl)n2)CC(C)N1. The van der Waals surface area contributed by atoms with Gasteiger partial charge < -0.3 is 10.2 Å². The van der Waals surface area contributed by atoms with E-state index < -0.39 is 0 Å². The summed E-state index contributed by atoms with van der Waals surface area (Å²) < 4.78 is 1.27. The number of rotatable bonds is 2. The van der Waals surface area contributed by atoms with Crippen molar-refractivity contribution in [3.8, 4) is 11.4 Å². The Hall–Kier alpha value is -0.820. The van der Waals surface area contributed by atoms with Gasteiger partial charge in [0.2, 0.25) is 5.95 Å². The molecule has 3 rings (SSSR count). The van der Waals surface area contributed by atoms with Gasteiger partial charge in [0.05, 0.1) is 4.34 Å². The Morgan fingerprint density at radius 3 is 2.60 bits per heavy atom. The number of aromatic amines is 1. The standard InChI is InChI=1S/C12H15Cl2N5S/c1-6-4-19(5-7(2)15-6)12-16-11(17-18-12)8-3-9(13)20-10(8)14/h3,6-7,15H,4-5H2,1-2H3,(H,16,17,18). The molecule has 1 aliphatic rings. The molecule has 2 N–H and O–H groups in total. The number of halogens is 2. The van der Waals surface area contributed by atoms with E-state index in [1.165, 1.54) is 11.3 Å². The van der Waals surface area contributed by atoms with Gasteiger partial charge in [0.1, 0.15) is 4.34 Å². The van der Waals surface area contributed by atoms with E-state index in [0.717, 1.165) is 18.7 Å². The first-order valence-corrected chi connectivity index (χ1v) is 7.99. The molecule has 1 saturated heterocycles. The number of hydrogen-bond acceptors (Lipinski definition) is 5. The van der Waals surface area contributed by atoms with Crippen LogP contribution in [0.25, 0.3) is 11.4 Å². The zero-order valence-corrected chi connectivity index (χ0v) is 13.5. The highest BCUT2D eigenvalue weighted by Crippen LogP contribution is 2.37. The smallest absolute Gasteiger partial charge is 0.245 e. The van der Waals surface area contributed by atoms with Gasteiger partial charge in [-0.2, -0.15) is 4.98 Å². The van der Waals surface area contributed by atoms with Crippen molar-refractivity contribution in [2.75, 3.05) is 18.0 Å². The zero-order valence-electron chi connectivity index (χ0n) is 11.2. The third-order valence-corrected chi connectivity index (χ3v) is 4.71. The number of anilines is 1. The van der Waals surface area contributed by atoms with E-state index in [0.29, 0.717) is 32.5 Å². The summed E-state index contributed by atoms with van der Waals surface area (Å²) in [5.41, 5.74) is 0.802. The van der Waals surface area contributed by atoms with Crippen LogP contribution in [0.15, 0.2) is 6.07 Å². The highest BCUT2D eigenvalue weighted by molar-refractivity contribution is 7.20. The molecule has 2 aromatic heterocycles. The molecule has 1 fully saturated rings. The van der Waals surface area contributed by atoms with Gasteiger partial charge in [0, 0.05) is 30.7 Å². The van der Waals surface area contributed by atoms with Crippen LogP contribution in [0.2, 0.25) is 8.67 Å². The molecule has 1 aliphatic heterocycles. The first-order chi connectivity index (χ1) is 9.52. The van der Waals surface area contributed by atoms with E-state index >= 15 is 0 Å². The molecule has 0 amide bonds. The van der Waals surface area contributed by atoms with Gasteiger partial charge in [-0.1, -0.05) is 23.2 Å². The fourth-order valence-corrected chi connectivity index (χ4v) is 3.97. The number of nitrogens with zero attached hydrogens (tertiary/aromatic N) is 3. The predicted octanol–water partition coefficient (Wildman–Crippen LogP) is 3.03. The lowest BCUT2D eigenvalue weighted by Gasteiger charge is -2.35. The van der Waals surface area contributed by atoms with Crippen LogP contribution in [0.1, 0.15) is 13.8 Å². The Bertz CT molecular complexity index is 601. The van der Waals surface area contributed by atoms with Gasteiger partial charge in [0.15, 0.2) is 5.82 Å². The minimum atomic E-state index is 0.417. The van der Waals surface area contributed by atoms with Gasteiger partial charge in [-0.3, -0.25) is 5.10 Å². The van der Waals surface area contributed by atoms with Gasteiger partial charge in [-0.05, 0) is 19.9 Å². The molecule has 2 unspecified atom stereocenters. The van der Waals surface area contributed by atoms with Crippen molar-refractivity contribution in [3.05, 3.63) is 14.7 Å². The van der Waals surface area contributed by atoms with Crippen LogP contribution in [0, 0.1) is 0 Å². The number of hydrogen-bond donors (Lipinski definition) is 2. The summed E-state index contributed by atoms with van der Waals surface area (Å²) in [6.45, 7) is 6.09. The molecule has 2 aromatic rings. The maximum absolute atomic E-state index is 6.14. The van der Waals surface area contributed by atoms with Crippen LogP contribution in [0.3, 0.4) is 0 Å². The van der Waals surface area contributed by atoms with Crippen molar-refractivity contribution in [1.82, 2.24) is 20.5 Å². The third kappa shape index (κ3) is 2.79. The van der Waals surface area contributed by atoms with E-state index in [-0.39, 0.29) is 0 Å². The monoisotopic (exact) mass is 331 g/mol. The maximum Gasteiger partial charge on any atom is 0.245 e. The summed E-state index contributed by atoms with van der Waals surface area (Å²) in [4.78, 5) is 6.72. The summed E-state index contributed by atoms with van der Waals surface area (Å²) in [7, 11) is 0. The molecule has 0 bridgehead atoms. The molecule has 5 nitrogen and oxygen atoms in total. The normalized spacial score (nSPS) is 23.3. The number of piperazine rings is 1. The average molecular weight is 332 g/mol. The molecule has 0 radical (unpaired) electrons. The van der Waals surface area contributed by atoms with E-state index in [2.05, 4.69) is 39.2 Å². The summed E-state index contributed by atoms with van der Waals surface area (Å²) in [6.07, 6.45) is 0. The second-order valence-electron chi connectivity index (χ2n) is 5.10. The van der Waals surface area contributed by atoms with Crippen LogP contribution < -0.4 is 10.2 Å². The first-order valence-electron chi connectivity index (χ1n) is 6.41. The van der Waals surface area contributed by atoms with Gasteiger partial charge >= 0.3 is 0 Å². The van der Waals surface area contributed by atoms with Crippen molar-refractivity contribution in [2.24, 2.45) is 0 Å². The highest BCUT2D eigenvalue weighted by Gasteiger charge is 2.24. The van der Waals surface area contributed by atoms with E-state index in [1.807, 2.05) is 6.07 Å². The summed E-state index contributed by atoms with van der Waals surface area (Å²) in [6, 6.07) is 2.64. The summed E-state index contributed by atoms with van der Waals surface area (Å²) in [5, 5.41) is 10.7. The number of aromatic nitrogens is 3. The molecule has 0 aromatic carbocycles. The third-order valence-electron chi connectivity index (χ3n) is 3.23. The molecule has 20 heavy (non-hydrogen) atoms. The molecule has 0 spiro atoms. The number of nitrogens with one attached hydrogen (secondary N) is 2. The van der Waals surface area contributed by atoms with Crippen LogP contribution >= 0.6 is 34.5 Å². The van der Waals surface area contributed by atoms with Crippen LogP contribution in [-0.2, 0) is 0 Å². The van der Waals surface area contributed by atoms with E-state index in [1.54, 1.807) is 0 Å². The lowest BCUT2D eigenvalue weighted by atomic mass is 10.1. The predicted molar refractivity (Wildman–Crippen MR) is 84.0 cm³/mol. The fourth-order valence-electron chi connectivity index (χ4n) is 2.51. The molecular formula is C12H15Cl2N5S. The molecular weight excluding hydrogens is 317 g/mol. The minimum Gasteiger partial charge on any atom is -0.336 e. The fraction of sp³-hybridized carbons (Fsp3) is 0.500. The van der Waals surface area contributed by atoms with Gasteiger partial charge in [-0.15, -0.1) is 16.4 Å². The molecule has 2 atom stereocenters. The molecule has 8 heteroatoms. The minimum absolute atomic E-state index is 0.417. The Balaban J connectivity index is 1.85. The molecule has 108 valence electrons. The Morgan fingerprint density at radius 1 is 1.30 bits per heavy atom. The summed E-state index contributed by atoms with van der Waals surface area (Å²) in [5.74, 6) is 1.37. The topological polar surface area (TPSA) is 56.8 Å². The zero-order chi connectivity index (χ0) is 14.3. The Morgan fingerprint density at radius 2 is 2.00 bits per heavy atom. The van der Waals surface area contributed by atoms with Crippen molar-refractivity contribution in [3.63, 3.8) is 0 Å². The van der Waals surface area contributed by atoms with Crippen molar-refractivity contribution >= 4 is 40.5 Å². The van der Waals surface area contributed by atoms with Crippen molar-refractivity contribution < 1.29 is 0 Å². The quantitative estimate of drug-likeness (QED) is 0.888.